The highest BCUT2D eigenvalue weighted by molar-refractivity contribution is 7.91. The van der Waals surface area contributed by atoms with Gasteiger partial charge in [0.05, 0.1) is 23.0 Å². The van der Waals surface area contributed by atoms with Crippen LogP contribution in [-0.2, 0) is 23.2 Å². The van der Waals surface area contributed by atoms with Crippen LogP contribution in [0.25, 0.3) is 22.0 Å². The number of anilines is 2. The molecule has 37 heavy (non-hydrogen) atoms. The summed E-state index contributed by atoms with van der Waals surface area (Å²) in [6.07, 6.45) is -2.40. The Morgan fingerprint density at radius 3 is 2.38 bits per heavy atom. The molecular weight excluding hydrogens is 529 g/mol. The molecule has 0 spiro atoms. The van der Waals surface area contributed by atoms with Crippen molar-refractivity contribution in [3.63, 3.8) is 0 Å². The zero-order valence-corrected chi connectivity index (χ0v) is 21.3. The van der Waals surface area contributed by atoms with Crippen molar-refractivity contribution in [2.45, 2.75) is 23.7 Å². The van der Waals surface area contributed by atoms with Crippen molar-refractivity contribution in [3.8, 4) is 11.1 Å². The molecule has 5 rings (SSSR count). The first-order valence-electron chi connectivity index (χ1n) is 11.1. The van der Waals surface area contributed by atoms with Crippen LogP contribution < -0.4 is 14.9 Å². The zero-order valence-electron chi connectivity index (χ0n) is 19.7. The highest BCUT2D eigenvalue weighted by Gasteiger charge is 2.33. The van der Waals surface area contributed by atoms with Gasteiger partial charge in [-0.1, -0.05) is 23.5 Å². The number of halogens is 3. The van der Waals surface area contributed by atoms with Crippen LogP contribution in [0, 0.1) is 6.92 Å². The minimum absolute atomic E-state index is 0.0976. The highest BCUT2D eigenvalue weighted by Crippen LogP contribution is 2.38. The van der Waals surface area contributed by atoms with Gasteiger partial charge in [0, 0.05) is 31.2 Å². The molecule has 9 nitrogen and oxygen atoms in total. The Morgan fingerprint density at radius 2 is 1.76 bits per heavy atom. The van der Waals surface area contributed by atoms with Crippen LogP contribution >= 0.6 is 11.3 Å². The molecule has 3 heterocycles. The second-order valence-electron chi connectivity index (χ2n) is 8.62. The second-order valence-corrected chi connectivity index (χ2v) is 11.4. The fourth-order valence-electron chi connectivity index (χ4n) is 4.36. The molecule has 0 saturated carbocycles. The van der Waals surface area contributed by atoms with Crippen molar-refractivity contribution in [2.75, 3.05) is 22.9 Å². The maximum Gasteiger partial charge on any atom is 0.416 e. The summed E-state index contributed by atoms with van der Waals surface area (Å²) in [7, 11) is -2.38. The number of nitrogens with two attached hydrogens (primary N) is 1. The lowest BCUT2D eigenvalue weighted by molar-refractivity contribution is -0.137. The summed E-state index contributed by atoms with van der Waals surface area (Å²) >= 11 is 0.835. The Balaban J connectivity index is 1.47. The number of carbonyl (C=O) groups is 1. The summed E-state index contributed by atoms with van der Waals surface area (Å²) in [4.78, 5) is 20.4. The molecule has 0 aliphatic carbocycles. The summed E-state index contributed by atoms with van der Waals surface area (Å²) in [5, 5.41) is 10.2. The first kappa shape index (κ1) is 25.2. The lowest BCUT2D eigenvalue weighted by Crippen LogP contribution is -2.49. The summed E-state index contributed by atoms with van der Waals surface area (Å²) in [5.41, 5.74) is 1.27. The molecule has 1 aliphatic heterocycles. The van der Waals surface area contributed by atoms with Crippen LogP contribution in [0.15, 0.2) is 46.8 Å². The SMILES string of the molecule is Cc1nc(N2CCCN(c3ccc(-c4cc(C(F)(F)F)cc5c4cnn5C)cc3)C2=O)sc1S(N)(=O)=O. The number of aryl methyl sites for hydroxylation is 2. The smallest absolute Gasteiger partial charge is 0.294 e. The van der Waals surface area contributed by atoms with Crippen LogP contribution in [0.4, 0.5) is 28.8 Å². The quantitative estimate of drug-likeness (QED) is 0.402. The molecule has 1 saturated heterocycles. The monoisotopic (exact) mass is 550 g/mol. The van der Waals surface area contributed by atoms with E-state index in [4.69, 9.17) is 5.14 Å². The third-order valence-corrected chi connectivity index (χ3v) is 8.88. The number of urea groups is 1. The first-order chi connectivity index (χ1) is 17.3. The van der Waals surface area contributed by atoms with E-state index in [2.05, 4.69) is 10.1 Å². The average molecular weight is 551 g/mol. The van der Waals surface area contributed by atoms with Crippen molar-refractivity contribution >= 4 is 49.1 Å². The van der Waals surface area contributed by atoms with E-state index < -0.39 is 21.8 Å². The molecule has 0 unspecified atom stereocenters. The number of benzene rings is 2. The standard InChI is InChI=1S/C23H21F3N6O3S2/c1-13-20(37(27,34)35)36-21(29-13)32-9-3-8-31(22(32)33)16-6-4-14(5-7-16)17-10-15(23(24,25)26)11-19-18(17)12-28-30(19)2/h4-7,10-12H,3,8-9H2,1-2H3,(H2,27,34,35). The van der Waals surface area contributed by atoms with E-state index in [9.17, 15) is 26.4 Å². The molecule has 4 aromatic rings. The number of hydrogen-bond donors (Lipinski definition) is 1. The van der Waals surface area contributed by atoms with E-state index >= 15 is 0 Å². The molecule has 1 fully saturated rings. The Hall–Kier alpha value is -3.49. The molecule has 2 aromatic carbocycles. The van der Waals surface area contributed by atoms with Gasteiger partial charge in [-0.3, -0.25) is 14.5 Å². The van der Waals surface area contributed by atoms with Gasteiger partial charge in [0.2, 0.25) is 10.0 Å². The van der Waals surface area contributed by atoms with Crippen LogP contribution in [0.2, 0.25) is 0 Å². The van der Waals surface area contributed by atoms with E-state index in [1.165, 1.54) is 27.6 Å². The summed E-state index contributed by atoms with van der Waals surface area (Å²) in [5.74, 6) is 0. The molecule has 2 amide bonds. The van der Waals surface area contributed by atoms with Crippen LogP contribution in [-0.4, -0.2) is 42.3 Å². The third-order valence-electron chi connectivity index (χ3n) is 6.14. The average Bonchev–Trinajstić information content (AvgIpc) is 3.41. The number of alkyl halides is 3. The van der Waals surface area contributed by atoms with Crippen LogP contribution in [0.1, 0.15) is 17.7 Å². The maximum absolute atomic E-state index is 13.5. The minimum atomic E-state index is -4.52. The summed E-state index contributed by atoms with van der Waals surface area (Å²) in [6.45, 7) is 2.28. The Kier molecular flexibility index (Phi) is 6.00. The van der Waals surface area contributed by atoms with Crippen molar-refractivity contribution in [1.82, 2.24) is 14.8 Å². The van der Waals surface area contributed by atoms with E-state index in [1.807, 2.05) is 0 Å². The molecule has 0 atom stereocenters. The lowest BCUT2D eigenvalue weighted by Gasteiger charge is -2.34. The van der Waals surface area contributed by atoms with Gasteiger partial charge in [0.25, 0.3) is 0 Å². The van der Waals surface area contributed by atoms with Crippen molar-refractivity contribution in [1.29, 1.82) is 0 Å². The largest absolute Gasteiger partial charge is 0.416 e. The molecule has 0 radical (unpaired) electrons. The maximum atomic E-state index is 13.5. The van der Waals surface area contributed by atoms with Gasteiger partial charge in [-0.25, -0.2) is 23.3 Å². The molecular formula is C23H21F3N6O3S2. The second kappa shape index (κ2) is 8.82. The number of sulfonamides is 1. The van der Waals surface area contributed by atoms with E-state index in [0.29, 0.717) is 47.2 Å². The highest BCUT2D eigenvalue weighted by atomic mass is 32.2. The van der Waals surface area contributed by atoms with Gasteiger partial charge < -0.3 is 0 Å². The summed E-state index contributed by atoms with van der Waals surface area (Å²) < 4.78 is 65.5. The Bertz CT molecular complexity index is 1630. The third kappa shape index (κ3) is 4.55. The number of fused-ring (bicyclic) bond motifs is 1. The van der Waals surface area contributed by atoms with Crippen molar-refractivity contribution in [2.24, 2.45) is 12.2 Å². The number of carbonyl (C=O) groups excluding carboxylic acids is 1. The van der Waals surface area contributed by atoms with E-state index in [1.54, 1.807) is 31.3 Å². The van der Waals surface area contributed by atoms with Crippen molar-refractivity contribution in [3.05, 3.63) is 53.9 Å². The lowest BCUT2D eigenvalue weighted by atomic mass is 9.98. The number of hydrogen-bond acceptors (Lipinski definition) is 6. The number of rotatable bonds is 4. The van der Waals surface area contributed by atoms with Gasteiger partial charge in [-0.15, -0.1) is 0 Å². The van der Waals surface area contributed by atoms with Gasteiger partial charge in [0.15, 0.2) is 9.34 Å². The number of primary sulfonamides is 1. The normalized spacial score (nSPS) is 15.1. The van der Waals surface area contributed by atoms with Crippen LogP contribution in [0.3, 0.4) is 0 Å². The molecule has 0 bridgehead atoms. The Labute approximate surface area is 214 Å². The predicted octanol–water partition coefficient (Wildman–Crippen LogP) is 4.51. The predicted molar refractivity (Wildman–Crippen MR) is 134 cm³/mol. The Morgan fingerprint density at radius 1 is 1.08 bits per heavy atom. The number of aromatic nitrogens is 3. The molecule has 2 aromatic heterocycles. The first-order valence-corrected chi connectivity index (χ1v) is 13.4. The fourth-order valence-corrected chi connectivity index (χ4v) is 6.33. The van der Waals surface area contributed by atoms with Crippen LogP contribution in [0.5, 0.6) is 0 Å². The fraction of sp³-hybridized carbons (Fsp3) is 0.261. The summed E-state index contributed by atoms with van der Waals surface area (Å²) in [6, 6.07) is 8.45. The van der Waals surface area contributed by atoms with Gasteiger partial charge in [-0.05, 0) is 48.7 Å². The molecule has 1 aliphatic rings. The number of thiazole rings is 1. The van der Waals surface area contributed by atoms with Gasteiger partial charge in [0.1, 0.15) is 0 Å². The van der Waals surface area contributed by atoms with E-state index in [0.717, 1.165) is 23.5 Å². The topological polar surface area (TPSA) is 114 Å². The number of amides is 2. The van der Waals surface area contributed by atoms with Gasteiger partial charge >= 0.3 is 12.2 Å². The van der Waals surface area contributed by atoms with E-state index in [-0.39, 0.29) is 21.1 Å². The van der Waals surface area contributed by atoms with Crippen molar-refractivity contribution < 1.29 is 26.4 Å². The molecule has 2 N–H and O–H groups in total. The number of nitrogens with zero attached hydrogens (tertiary/aromatic N) is 5. The molecule has 194 valence electrons. The zero-order chi connectivity index (χ0) is 26.7. The molecule has 14 heteroatoms. The minimum Gasteiger partial charge on any atom is -0.294 e. The van der Waals surface area contributed by atoms with Gasteiger partial charge in [-0.2, -0.15) is 18.3 Å².